The molecular weight excluding hydrogens is 252 g/mol. The fourth-order valence-electron chi connectivity index (χ4n) is 1.84. The molecule has 2 N–H and O–H groups in total. The number of amides is 1. The molecule has 0 bridgehead atoms. The summed E-state index contributed by atoms with van der Waals surface area (Å²) in [4.78, 5) is 19.2. The third-order valence-corrected chi connectivity index (χ3v) is 2.80. The average Bonchev–Trinajstić information content (AvgIpc) is 2.90. The lowest BCUT2D eigenvalue weighted by Crippen LogP contribution is -2.17. The van der Waals surface area contributed by atoms with Gasteiger partial charge >= 0.3 is 0 Å². The molecule has 0 spiro atoms. The lowest BCUT2D eigenvalue weighted by Gasteiger charge is -1.97. The normalized spacial score (nSPS) is 11.0. The van der Waals surface area contributed by atoms with E-state index in [1.54, 1.807) is 24.3 Å². The van der Waals surface area contributed by atoms with Crippen LogP contribution in [0.2, 0.25) is 0 Å². The first kappa shape index (κ1) is 12.1. The Bertz CT molecular complexity index is 729. The summed E-state index contributed by atoms with van der Waals surface area (Å²) in [6.07, 6.45) is 1.49. The minimum absolute atomic E-state index is 0.252. The van der Waals surface area contributed by atoms with Crippen LogP contribution in [-0.4, -0.2) is 22.1 Å². The Hall–Kier alpha value is -2.95. The zero-order valence-corrected chi connectivity index (χ0v) is 10.6. The summed E-state index contributed by atoms with van der Waals surface area (Å²) in [5, 5.41) is 3.89. The molecule has 20 heavy (non-hydrogen) atoms. The predicted octanol–water partition coefficient (Wildman–Crippen LogP) is 2.33. The molecule has 0 radical (unpaired) electrons. The Morgan fingerprint density at radius 3 is 2.65 bits per heavy atom. The van der Waals surface area contributed by atoms with E-state index in [0.29, 0.717) is 11.4 Å². The van der Waals surface area contributed by atoms with Gasteiger partial charge in [-0.3, -0.25) is 4.79 Å². The molecule has 0 saturated carbocycles. The number of imidazole rings is 1. The Labute approximate surface area is 115 Å². The largest absolute Gasteiger partial charge is 0.337 e. The van der Waals surface area contributed by atoms with Crippen molar-refractivity contribution in [1.82, 2.24) is 15.4 Å². The highest BCUT2D eigenvalue weighted by atomic mass is 16.2. The second-order valence-corrected chi connectivity index (χ2v) is 4.20. The second kappa shape index (κ2) is 5.36. The molecule has 2 aromatic carbocycles. The number of para-hydroxylation sites is 2. The highest BCUT2D eigenvalue weighted by Crippen LogP contribution is 2.08. The molecule has 0 aliphatic heterocycles. The first-order valence-corrected chi connectivity index (χ1v) is 6.16. The quantitative estimate of drug-likeness (QED) is 0.563. The number of carbonyl (C=O) groups excluding carboxylic acids is 1. The van der Waals surface area contributed by atoms with Crippen LogP contribution in [0.4, 0.5) is 0 Å². The van der Waals surface area contributed by atoms with Crippen LogP contribution >= 0.6 is 0 Å². The number of carbonyl (C=O) groups is 1. The maximum Gasteiger partial charge on any atom is 0.271 e. The standard InChI is InChI=1S/C15H12N4O/c20-15(11-6-2-1-3-7-11)19-16-10-14-17-12-8-4-5-9-13(12)18-14/h1-10H,(H,17,18)(H,19,20). The summed E-state index contributed by atoms with van der Waals surface area (Å²) in [6, 6.07) is 16.6. The lowest BCUT2D eigenvalue weighted by molar-refractivity contribution is 0.0955. The van der Waals surface area contributed by atoms with Crippen molar-refractivity contribution in [3.8, 4) is 0 Å². The molecule has 3 aromatic rings. The fraction of sp³-hybridized carbons (Fsp3) is 0. The van der Waals surface area contributed by atoms with Crippen molar-refractivity contribution in [3.63, 3.8) is 0 Å². The van der Waals surface area contributed by atoms with Gasteiger partial charge < -0.3 is 4.98 Å². The van der Waals surface area contributed by atoms with Crippen molar-refractivity contribution in [2.24, 2.45) is 5.10 Å². The highest BCUT2D eigenvalue weighted by Gasteiger charge is 2.02. The molecule has 0 fully saturated rings. The Balaban J connectivity index is 1.70. The van der Waals surface area contributed by atoms with Crippen molar-refractivity contribution >= 4 is 23.2 Å². The second-order valence-electron chi connectivity index (χ2n) is 4.20. The van der Waals surface area contributed by atoms with Gasteiger partial charge in [0.25, 0.3) is 5.91 Å². The van der Waals surface area contributed by atoms with E-state index in [9.17, 15) is 4.79 Å². The predicted molar refractivity (Wildman–Crippen MR) is 77.6 cm³/mol. The van der Waals surface area contributed by atoms with Gasteiger partial charge in [0, 0.05) is 5.56 Å². The van der Waals surface area contributed by atoms with E-state index in [1.165, 1.54) is 6.21 Å². The maximum absolute atomic E-state index is 11.8. The zero-order valence-electron chi connectivity index (χ0n) is 10.6. The van der Waals surface area contributed by atoms with Gasteiger partial charge in [-0.05, 0) is 24.3 Å². The smallest absolute Gasteiger partial charge is 0.271 e. The van der Waals surface area contributed by atoms with Crippen LogP contribution in [0, 0.1) is 0 Å². The number of aromatic amines is 1. The van der Waals surface area contributed by atoms with E-state index >= 15 is 0 Å². The van der Waals surface area contributed by atoms with Crippen molar-refractivity contribution in [2.45, 2.75) is 0 Å². The van der Waals surface area contributed by atoms with Gasteiger partial charge in [-0.25, -0.2) is 10.4 Å². The zero-order chi connectivity index (χ0) is 13.8. The van der Waals surface area contributed by atoms with Gasteiger partial charge in [-0.2, -0.15) is 5.10 Å². The minimum atomic E-state index is -0.252. The van der Waals surface area contributed by atoms with E-state index in [1.807, 2.05) is 30.3 Å². The molecule has 0 unspecified atom stereocenters. The number of benzene rings is 2. The van der Waals surface area contributed by atoms with Gasteiger partial charge in [0.2, 0.25) is 0 Å². The van der Waals surface area contributed by atoms with Crippen LogP contribution in [0.5, 0.6) is 0 Å². The topological polar surface area (TPSA) is 70.1 Å². The molecule has 5 nitrogen and oxygen atoms in total. The number of H-pyrrole nitrogens is 1. The van der Waals surface area contributed by atoms with Crippen molar-refractivity contribution in [2.75, 3.05) is 0 Å². The van der Waals surface area contributed by atoms with E-state index in [-0.39, 0.29) is 5.91 Å². The van der Waals surface area contributed by atoms with Gasteiger partial charge in [0.1, 0.15) is 0 Å². The number of rotatable bonds is 3. The summed E-state index contributed by atoms with van der Waals surface area (Å²) in [5.41, 5.74) is 4.82. The van der Waals surface area contributed by atoms with Gasteiger partial charge in [-0.1, -0.05) is 30.3 Å². The third kappa shape index (κ3) is 2.56. The molecular formula is C15H12N4O. The average molecular weight is 264 g/mol. The molecule has 98 valence electrons. The lowest BCUT2D eigenvalue weighted by atomic mass is 10.2. The molecule has 0 atom stereocenters. The summed E-state index contributed by atoms with van der Waals surface area (Å²) in [5.74, 6) is 0.345. The van der Waals surface area contributed by atoms with Gasteiger partial charge in [-0.15, -0.1) is 0 Å². The fourth-order valence-corrected chi connectivity index (χ4v) is 1.84. The summed E-state index contributed by atoms with van der Waals surface area (Å²) >= 11 is 0. The minimum Gasteiger partial charge on any atom is -0.337 e. The Morgan fingerprint density at radius 2 is 1.85 bits per heavy atom. The maximum atomic E-state index is 11.8. The van der Waals surface area contributed by atoms with E-state index in [2.05, 4.69) is 20.5 Å². The third-order valence-electron chi connectivity index (χ3n) is 2.80. The molecule has 5 heteroatoms. The van der Waals surface area contributed by atoms with Crippen LogP contribution in [-0.2, 0) is 0 Å². The number of nitrogens with one attached hydrogen (secondary N) is 2. The molecule has 1 aromatic heterocycles. The van der Waals surface area contributed by atoms with E-state index in [4.69, 9.17) is 0 Å². The molecule has 0 saturated heterocycles. The number of aromatic nitrogens is 2. The van der Waals surface area contributed by atoms with Crippen LogP contribution < -0.4 is 5.43 Å². The summed E-state index contributed by atoms with van der Waals surface area (Å²) in [6.45, 7) is 0. The molecule has 1 amide bonds. The van der Waals surface area contributed by atoms with Crippen LogP contribution in [0.3, 0.4) is 0 Å². The highest BCUT2D eigenvalue weighted by molar-refractivity contribution is 5.94. The van der Waals surface area contributed by atoms with Crippen molar-refractivity contribution in [3.05, 3.63) is 66.0 Å². The first-order valence-electron chi connectivity index (χ1n) is 6.16. The van der Waals surface area contributed by atoms with Crippen molar-refractivity contribution in [1.29, 1.82) is 0 Å². The number of fused-ring (bicyclic) bond motifs is 1. The molecule has 0 aliphatic carbocycles. The van der Waals surface area contributed by atoms with Gasteiger partial charge in [0.15, 0.2) is 5.82 Å². The Morgan fingerprint density at radius 1 is 1.10 bits per heavy atom. The Kier molecular flexibility index (Phi) is 3.24. The number of hydrazone groups is 1. The number of hydrogen-bond acceptors (Lipinski definition) is 3. The SMILES string of the molecule is O=C(NN=Cc1nc2ccccc2[nH]1)c1ccccc1. The van der Waals surface area contributed by atoms with Crippen molar-refractivity contribution < 1.29 is 4.79 Å². The van der Waals surface area contributed by atoms with Crippen LogP contribution in [0.25, 0.3) is 11.0 Å². The first-order chi connectivity index (χ1) is 9.83. The van der Waals surface area contributed by atoms with E-state index < -0.39 is 0 Å². The van der Waals surface area contributed by atoms with Gasteiger partial charge in [0.05, 0.1) is 17.2 Å². The molecule has 1 heterocycles. The summed E-state index contributed by atoms with van der Waals surface area (Å²) < 4.78 is 0. The molecule has 0 aliphatic rings. The number of nitrogens with zero attached hydrogens (tertiary/aromatic N) is 2. The molecule has 3 rings (SSSR count). The number of hydrogen-bond donors (Lipinski definition) is 2. The van der Waals surface area contributed by atoms with E-state index in [0.717, 1.165) is 11.0 Å². The summed E-state index contributed by atoms with van der Waals surface area (Å²) in [7, 11) is 0. The monoisotopic (exact) mass is 264 g/mol. The van der Waals surface area contributed by atoms with Crippen LogP contribution in [0.15, 0.2) is 59.7 Å². The van der Waals surface area contributed by atoms with Crippen LogP contribution in [0.1, 0.15) is 16.2 Å².